The van der Waals surface area contributed by atoms with Crippen LogP contribution in [0.3, 0.4) is 0 Å². The molecule has 1 N–H and O–H groups in total. The highest BCUT2D eigenvalue weighted by Crippen LogP contribution is 2.23. The van der Waals surface area contributed by atoms with E-state index in [1.54, 1.807) is 0 Å². The van der Waals surface area contributed by atoms with E-state index in [2.05, 4.69) is 60.5 Å². The summed E-state index contributed by atoms with van der Waals surface area (Å²) in [4.78, 5) is 2.49. The molecule has 21 heavy (non-hydrogen) atoms. The maximum absolute atomic E-state index is 9.55. The Hall–Kier alpha value is -1.37. The molecule has 0 aliphatic carbocycles. The van der Waals surface area contributed by atoms with Crippen LogP contribution in [0.1, 0.15) is 38.7 Å². The maximum Gasteiger partial charge on any atom is 0.109 e. The SMILES string of the molecule is CCC(C)NC1(C#N)CCN(CCc2ccccc2)CC1. The molecular formula is C18H27N3. The van der Waals surface area contributed by atoms with E-state index in [0.29, 0.717) is 6.04 Å². The molecule has 1 unspecified atom stereocenters. The molecule has 0 spiro atoms. The fraction of sp³-hybridized carbons (Fsp3) is 0.611. The standard InChI is InChI=1S/C18H27N3/c1-3-16(2)20-18(15-19)10-13-21(14-11-18)12-9-17-7-5-4-6-8-17/h4-8,16,20H,3,9-14H2,1-2H3. The number of nitriles is 1. The van der Waals surface area contributed by atoms with Gasteiger partial charge in [0.1, 0.15) is 5.54 Å². The van der Waals surface area contributed by atoms with Crippen molar-refractivity contribution >= 4 is 0 Å². The Morgan fingerprint density at radius 3 is 2.52 bits per heavy atom. The zero-order valence-electron chi connectivity index (χ0n) is 13.3. The zero-order valence-corrected chi connectivity index (χ0v) is 13.3. The number of nitrogens with zero attached hydrogens (tertiary/aromatic N) is 2. The van der Waals surface area contributed by atoms with Crippen LogP contribution in [0.2, 0.25) is 0 Å². The van der Waals surface area contributed by atoms with Crippen LogP contribution in [0.15, 0.2) is 30.3 Å². The summed E-state index contributed by atoms with van der Waals surface area (Å²) in [6.07, 6.45) is 4.03. The summed E-state index contributed by atoms with van der Waals surface area (Å²) >= 11 is 0. The second-order valence-corrected chi connectivity index (χ2v) is 6.22. The minimum Gasteiger partial charge on any atom is -0.303 e. The predicted octanol–water partition coefficient (Wildman–Crippen LogP) is 2.98. The summed E-state index contributed by atoms with van der Waals surface area (Å²) < 4.78 is 0. The van der Waals surface area contributed by atoms with E-state index in [0.717, 1.165) is 45.3 Å². The third kappa shape index (κ3) is 4.56. The first-order chi connectivity index (χ1) is 10.2. The molecule has 0 amide bonds. The van der Waals surface area contributed by atoms with E-state index in [4.69, 9.17) is 0 Å². The van der Waals surface area contributed by atoms with Crippen molar-refractivity contribution in [2.45, 2.75) is 51.1 Å². The van der Waals surface area contributed by atoms with Crippen molar-refractivity contribution < 1.29 is 0 Å². The molecule has 0 radical (unpaired) electrons. The van der Waals surface area contributed by atoms with Gasteiger partial charge >= 0.3 is 0 Å². The number of benzene rings is 1. The maximum atomic E-state index is 9.55. The van der Waals surface area contributed by atoms with Gasteiger partial charge in [0.15, 0.2) is 0 Å². The fourth-order valence-electron chi connectivity index (χ4n) is 2.95. The lowest BCUT2D eigenvalue weighted by atomic mass is 9.87. The minimum absolute atomic E-state index is 0.307. The molecular weight excluding hydrogens is 258 g/mol. The van der Waals surface area contributed by atoms with Gasteiger partial charge in [0.25, 0.3) is 0 Å². The molecule has 114 valence electrons. The number of likely N-dealkylation sites (tertiary alicyclic amines) is 1. The first-order valence-corrected chi connectivity index (χ1v) is 8.13. The second-order valence-electron chi connectivity index (χ2n) is 6.22. The Morgan fingerprint density at radius 2 is 1.95 bits per heavy atom. The lowest BCUT2D eigenvalue weighted by Gasteiger charge is -2.39. The average molecular weight is 285 g/mol. The van der Waals surface area contributed by atoms with E-state index in [1.165, 1.54) is 5.56 Å². The van der Waals surface area contributed by atoms with Crippen LogP contribution in [-0.2, 0) is 6.42 Å². The molecule has 0 aromatic heterocycles. The zero-order chi connectivity index (χ0) is 15.1. The Labute approximate surface area is 129 Å². The molecule has 1 saturated heterocycles. The van der Waals surface area contributed by atoms with Crippen molar-refractivity contribution in [2.24, 2.45) is 0 Å². The van der Waals surface area contributed by atoms with E-state index in [1.807, 2.05) is 0 Å². The molecule has 3 heteroatoms. The normalized spacial score (nSPS) is 19.9. The summed E-state index contributed by atoms with van der Waals surface area (Å²) in [7, 11) is 0. The topological polar surface area (TPSA) is 39.1 Å². The Morgan fingerprint density at radius 1 is 1.29 bits per heavy atom. The molecule has 0 bridgehead atoms. The Bertz CT molecular complexity index is 455. The third-order valence-corrected chi connectivity index (χ3v) is 4.62. The van der Waals surface area contributed by atoms with Crippen molar-refractivity contribution in [3.05, 3.63) is 35.9 Å². The Balaban J connectivity index is 1.81. The molecule has 3 nitrogen and oxygen atoms in total. The lowest BCUT2D eigenvalue weighted by molar-refractivity contribution is 0.160. The van der Waals surface area contributed by atoms with Gasteiger partial charge in [-0.25, -0.2) is 0 Å². The van der Waals surface area contributed by atoms with Gasteiger partial charge in [-0.3, -0.25) is 5.32 Å². The molecule has 1 atom stereocenters. The monoisotopic (exact) mass is 285 g/mol. The molecule has 0 saturated carbocycles. The van der Waals surface area contributed by atoms with Crippen molar-refractivity contribution in [3.63, 3.8) is 0 Å². The summed E-state index contributed by atoms with van der Waals surface area (Å²) in [5.74, 6) is 0. The van der Waals surface area contributed by atoms with Crippen LogP contribution in [0.25, 0.3) is 0 Å². The molecule has 1 fully saturated rings. The first kappa shape index (κ1) is 16.0. The highest BCUT2D eigenvalue weighted by Gasteiger charge is 2.35. The molecule has 1 aliphatic rings. The van der Waals surface area contributed by atoms with Gasteiger partial charge in [0.05, 0.1) is 6.07 Å². The molecule has 2 rings (SSSR count). The number of hydrogen-bond acceptors (Lipinski definition) is 3. The van der Waals surface area contributed by atoms with Crippen molar-refractivity contribution in [3.8, 4) is 6.07 Å². The van der Waals surface area contributed by atoms with Crippen molar-refractivity contribution in [1.82, 2.24) is 10.2 Å². The van der Waals surface area contributed by atoms with E-state index in [9.17, 15) is 5.26 Å². The molecule has 1 aliphatic heterocycles. The van der Waals surface area contributed by atoms with Gasteiger partial charge in [0.2, 0.25) is 0 Å². The van der Waals surface area contributed by atoms with E-state index < -0.39 is 0 Å². The third-order valence-electron chi connectivity index (χ3n) is 4.62. The quantitative estimate of drug-likeness (QED) is 0.873. The number of nitrogens with one attached hydrogen (secondary N) is 1. The van der Waals surface area contributed by atoms with Gasteiger partial charge in [0, 0.05) is 25.7 Å². The number of piperidine rings is 1. The summed E-state index contributed by atoms with van der Waals surface area (Å²) in [5, 5.41) is 13.1. The fourth-order valence-corrected chi connectivity index (χ4v) is 2.95. The van der Waals surface area contributed by atoms with Crippen molar-refractivity contribution in [1.29, 1.82) is 5.26 Å². The van der Waals surface area contributed by atoms with E-state index in [-0.39, 0.29) is 5.54 Å². The number of rotatable bonds is 6. The summed E-state index contributed by atoms with van der Waals surface area (Å²) in [6.45, 7) is 7.46. The molecule has 1 aromatic rings. The van der Waals surface area contributed by atoms with Crippen LogP contribution >= 0.6 is 0 Å². The van der Waals surface area contributed by atoms with Gasteiger partial charge in [-0.2, -0.15) is 5.26 Å². The average Bonchev–Trinajstić information content (AvgIpc) is 2.55. The van der Waals surface area contributed by atoms with Crippen molar-refractivity contribution in [2.75, 3.05) is 19.6 Å². The smallest absolute Gasteiger partial charge is 0.109 e. The van der Waals surface area contributed by atoms with Crippen LogP contribution in [0.4, 0.5) is 0 Å². The summed E-state index contributed by atoms with van der Waals surface area (Å²) in [6, 6.07) is 13.6. The highest BCUT2D eigenvalue weighted by molar-refractivity contribution is 5.15. The predicted molar refractivity (Wildman–Crippen MR) is 87.1 cm³/mol. The molecule has 1 aromatic carbocycles. The summed E-state index contributed by atoms with van der Waals surface area (Å²) in [5.41, 5.74) is 1.09. The first-order valence-electron chi connectivity index (χ1n) is 8.13. The van der Waals surface area contributed by atoms with E-state index >= 15 is 0 Å². The number of hydrogen-bond donors (Lipinski definition) is 1. The highest BCUT2D eigenvalue weighted by atomic mass is 15.2. The van der Waals surface area contributed by atoms with Gasteiger partial charge in [-0.1, -0.05) is 37.3 Å². The van der Waals surface area contributed by atoms with Gasteiger partial charge < -0.3 is 4.90 Å². The van der Waals surface area contributed by atoms with Crippen LogP contribution in [0, 0.1) is 11.3 Å². The van der Waals surface area contributed by atoms with Crippen LogP contribution < -0.4 is 5.32 Å². The second kappa shape index (κ2) is 7.59. The largest absolute Gasteiger partial charge is 0.303 e. The van der Waals surface area contributed by atoms with Crippen LogP contribution in [0.5, 0.6) is 0 Å². The van der Waals surface area contributed by atoms with Gasteiger partial charge in [-0.05, 0) is 38.2 Å². The lowest BCUT2D eigenvalue weighted by Crippen LogP contribution is -2.55. The molecule has 1 heterocycles. The Kier molecular flexibility index (Phi) is 5.78. The van der Waals surface area contributed by atoms with Crippen LogP contribution in [-0.4, -0.2) is 36.1 Å². The minimum atomic E-state index is -0.307. The van der Waals surface area contributed by atoms with Gasteiger partial charge in [-0.15, -0.1) is 0 Å².